The maximum Gasteiger partial charge on any atom is 0.260 e. The zero-order valence-electron chi connectivity index (χ0n) is 13.1. The number of hydrogen-bond donors (Lipinski definition) is 1. The molecule has 4 nitrogen and oxygen atoms in total. The molecule has 0 atom stereocenters. The van der Waals surface area contributed by atoms with Gasteiger partial charge in [-0.05, 0) is 30.7 Å². The van der Waals surface area contributed by atoms with E-state index in [1.54, 1.807) is 0 Å². The minimum Gasteiger partial charge on any atom is -0.483 e. The van der Waals surface area contributed by atoms with Crippen LogP contribution in [0.1, 0.15) is 38.7 Å². The molecular formula is C17H26N2O2. The summed E-state index contributed by atoms with van der Waals surface area (Å²) >= 11 is 0. The molecule has 116 valence electrons. The standard InChI is InChI=1S/C17H26N2O2/c1-3-17(4-2)9-10-19(13-17)16(20)12-21-15-8-6-5-7-14(15)11-18/h5-8H,3-4,9-13,18H2,1-2H3. The normalized spacial score (nSPS) is 17.0. The smallest absolute Gasteiger partial charge is 0.260 e. The number of nitrogens with zero attached hydrogens (tertiary/aromatic N) is 1. The van der Waals surface area contributed by atoms with Gasteiger partial charge in [0.25, 0.3) is 5.91 Å². The van der Waals surface area contributed by atoms with Gasteiger partial charge in [0.05, 0.1) is 0 Å². The third-order valence-corrected chi connectivity index (χ3v) is 4.83. The van der Waals surface area contributed by atoms with Crippen molar-refractivity contribution in [2.45, 2.75) is 39.7 Å². The summed E-state index contributed by atoms with van der Waals surface area (Å²) in [5.74, 6) is 0.787. The molecule has 0 aliphatic carbocycles. The molecule has 0 bridgehead atoms. The second kappa shape index (κ2) is 6.94. The lowest BCUT2D eigenvalue weighted by molar-refractivity contribution is -0.132. The summed E-state index contributed by atoms with van der Waals surface area (Å²) in [5.41, 5.74) is 6.92. The van der Waals surface area contributed by atoms with Gasteiger partial charge in [-0.25, -0.2) is 0 Å². The lowest BCUT2D eigenvalue weighted by atomic mass is 9.82. The van der Waals surface area contributed by atoms with Crippen molar-refractivity contribution < 1.29 is 9.53 Å². The molecule has 4 heteroatoms. The number of nitrogens with two attached hydrogens (primary N) is 1. The molecule has 1 aromatic carbocycles. The summed E-state index contributed by atoms with van der Waals surface area (Å²) < 4.78 is 5.67. The van der Waals surface area contributed by atoms with Crippen LogP contribution in [0.2, 0.25) is 0 Å². The van der Waals surface area contributed by atoms with Gasteiger partial charge in [-0.2, -0.15) is 0 Å². The van der Waals surface area contributed by atoms with Crippen LogP contribution in [0.4, 0.5) is 0 Å². The Balaban J connectivity index is 1.91. The van der Waals surface area contributed by atoms with Crippen LogP contribution in [-0.4, -0.2) is 30.5 Å². The molecule has 1 saturated heterocycles. The third kappa shape index (κ3) is 3.56. The third-order valence-electron chi connectivity index (χ3n) is 4.83. The Morgan fingerprint density at radius 2 is 2.05 bits per heavy atom. The van der Waals surface area contributed by atoms with Crippen molar-refractivity contribution in [1.29, 1.82) is 0 Å². The first-order valence-electron chi connectivity index (χ1n) is 7.82. The van der Waals surface area contributed by atoms with Crippen LogP contribution >= 0.6 is 0 Å². The lowest BCUT2D eigenvalue weighted by Crippen LogP contribution is -2.35. The van der Waals surface area contributed by atoms with E-state index in [2.05, 4.69) is 13.8 Å². The molecule has 2 N–H and O–H groups in total. The summed E-state index contributed by atoms with van der Waals surface area (Å²) in [6.45, 7) is 6.66. The van der Waals surface area contributed by atoms with Gasteiger partial charge in [0.15, 0.2) is 6.61 Å². The van der Waals surface area contributed by atoms with Crippen LogP contribution in [-0.2, 0) is 11.3 Å². The number of hydrogen-bond acceptors (Lipinski definition) is 3. The summed E-state index contributed by atoms with van der Waals surface area (Å²) in [6, 6.07) is 7.61. The molecule has 0 saturated carbocycles. The first-order chi connectivity index (χ1) is 10.1. The second-order valence-electron chi connectivity index (χ2n) is 5.87. The molecule has 0 unspecified atom stereocenters. The van der Waals surface area contributed by atoms with E-state index in [1.807, 2.05) is 29.2 Å². The van der Waals surface area contributed by atoms with Crippen LogP contribution in [0.15, 0.2) is 24.3 Å². The molecule has 0 aromatic heterocycles. The van der Waals surface area contributed by atoms with Gasteiger partial charge >= 0.3 is 0 Å². The minimum absolute atomic E-state index is 0.0746. The highest BCUT2D eigenvalue weighted by molar-refractivity contribution is 5.78. The minimum atomic E-state index is 0.0746. The van der Waals surface area contributed by atoms with E-state index in [0.29, 0.717) is 17.7 Å². The highest BCUT2D eigenvalue weighted by atomic mass is 16.5. The molecule has 1 amide bonds. The molecule has 0 spiro atoms. The van der Waals surface area contributed by atoms with Gasteiger partial charge in [-0.3, -0.25) is 4.79 Å². The van der Waals surface area contributed by atoms with E-state index in [4.69, 9.17) is 10.5 Å². The van der Waals surface area contributed by atoms with E-state index in [-0.39, 0.29) is 12.5 Å². The molecule has 1 aromatic rings. The van der Waals surface area contributed by atoms with Crippen molar-refractivity contribution in [1.82, 2.24) is 4.90 Å². The Morgan fingerprint density at radius 1 is 1.33 bits per heavy atom. The van der Waals surface area contributed by atoms with Crippen molar-refractivity contribution in [3.8, 4) is 5.75 Å². The van der Waals surface area contributed by atoms with Gasteiger partial charge in [0.2, 0.25) is 0 Å². The van der Waals surface area contributed by atoms with E-state index in [1.165, 1.54) is 0 Å². The van der Waals surface area contributed by atoms with Crippen molar-refractivity contribution in [2.24, 2.45) is 11.1 Å². The van der Waals surface area contributed by atoms with E-state index < -0.39 is 0 Å². The SMILES string of the molecule is CCC1(CC)CCN(C(=O)COc2ccccc2CN)C1. The highest BCUT2D eigenvalue weighted by Crippen LogP contribution is 2.36. The summed E-state index contributed by atoms with van der Waals surface area (Å²) in [7, 11) is 0. The van der Waals surface area contributed by atoms with Crippen molar-refractivity contribution in [3.63, 3.8) is 0 Å². The van der Waals surface area contributed by atoms with Crippen molar-refractivity contribution >= 4 is 5.91 Å². The number of carbonyl (C=O) groups excluding carboxylic acids is 1. The Morgan fingerprint density at radius 3 is 2.67 bits per heavy atom. The van der Waals surface area contributed by atoms with Gasteiger partial charge in [0, 0.05) is 25.2 Å². The van der Waals surface area contributed by atoms with E-state index in [9.17, 15) is 4.79 Å². The quantitative estimate of drug-likeness (QED) is 0.876. The maximum atomic E-state index is 12.3. The molecule has 0 radical (unpaired) electrons. The number of benzene rings is 1. The predicted octanol–water partition coefficient (Wildman–Crippen LogP) is 2.56. The van der Waals surface area contributed by atoms with Crippen molar-refractivity contribution in [2.75, 3.05) is 19.7 Å². The molecule has 21 heavy (non-hydrogen) atoms. The van der Waals surface area contributed by atoms with Crippen LogP contribution in [0, 0.1) is 5.41 Å². The molecule has 1 aliphatic rings. The van der Waals surface area contributed by atoms with Gasteiger partial charge in [0.1, 0.15) is 5.75 Å². The molecule has 1 heterocycles. The summed E-state index contributed by atoms with van der Waals surface area (Å²) in [5, 5.41) is 0. The Bertz CT molecular complexity index is 483. The average Bonchev–Trinajstić information content (AvgIpc) is 2.98. The van der Waals surface area contributed by atoms with Crippen LogP contribution < -0.4 is 10.5 Å². The highest BCUT2D eigenvalue weighted by Gasteiger charge is 2.36. The average molecular weight is 290 g/mol. The summed E-state index contributed by atoms with van der Waals surface area (Å²) in [4.78, 5) is 14.3. The second-order valence-corrected chi connectivity index (χ2v) is 5.87. The fraction of sp³-hybridized carbons (Fsp3) is 0.588. The monoisotopic (exact) mass is 290 g/mol. The fourth-order valence-corrected chi connectivity index (χ4v) is 3.02. The van der Waals surface area contributed by atoms with Gasteiger partial charge in [-0.1, -0.05) is 32.0 Å². The van der Waals surface area contributed by atoms with E-state index >= 15 is 0 Å². The van der Waals surface area contributed by atoms with Gasteiger partial charge in [-0.15, -0.1) is 0 Å². The molecule has 1 aliphatic heterocycles. The fourth-order valence-electron chi connectivity index (χ4n) is 3.02. The first kappa shape index (κ1) is 15.8. The number of carbonyl (C=O) groups is 1. The molecule has 1 fully saturated rings. The largest absolute Gasteiger partial charge is 0.483 e. The predicted molar refractivity (Wildman–Crippen MR) is 84.0 cm³/mol. The van der Waals surface area contributed by atoms with Crippen molar-refractivity contribution in [3.05, 3.63) is 29.8 Å². The van der Waals surface area contributed by atoms with Crippen LogP contribution in [0.25, 0.3) is 0 Å². The topological polar surface area (TPSA) is 55.6 Å². The number of amides is 1. The maximum absolute atomic E-state index is 12.3. The summed E-state index contributed by atoms with van der Waals surface area (Å²) in [6.07, 6.45) is 3.36. The zero-order chi connectivity index (χ0) is 15.3. The zero-order valence-corrected chi connectivity index (χ0v) is 13.1. The number of rotatable bonds is 6. The molecular weight excluding hydrogens is 264 g/mol. The van der Waals surface area contributed by atoms with E-state index in [0.717, 1.165) is 37.9 Å². The Hall–Kier alpha value is -1.55. The lowest BCUT2D eigenvalue weighted by Gasteiger charge is -2.26. The first-order valence-corrected chi connectivity index (χ1v) is 7.82. The number of ether oxygens (including phenoxy) is 1. The van der Waals surface area contributed by atoms with Crippen LogP contribution in [0.3, 0.4) is 0 Å². The Labute approximate surface area is 127 Å². The Kier molecular flexibility index (Phi) is 5.23. The number of para-hydroxylation sites is 1. The molecule has 2 rings (SSSR count). The number of likely N-dealkylation sites (tertiary alicyclic amines) is 1. The van der Waals surface area contributed by atoms with Gasteiger partial charge < -0.3 is 15.4 Å². The van der Waals surface area contributed by atoms with Crippen LogP contribution in [0.5, 0.6) is 5.75 Å².